The highest BCUT2D eigenvalue weighted by molar-refractivity contribution is 7.14. The molecule has 0 spiro atoms. The molecule has 0 unspecified atom stereocenters. The third kappa shape index (κ3) is 4.38. The molecule has 5 rings (SSSR count). The molecule has 1 aromatic carbocycles. The zero-order valence-corrected chi connectivity index (χ0v) is 17.8. The summed E-state index contributed by atoms with van der Waals surface area (Å²) in [5, 5.41) is 9.03. The fraction of sp³-hybridized carbons (Fsp3) is 0.333. The molecule has 2 aliphatic heterocycles. The number of benzene rings is 1. The Labute approximate surface area is 186 Å². The van der Waals surface area contributed by atoms with E-state index in [2.05, 4.69) is 30.6 Å². The van der Waals surface area contributed by atoms with Gasteiger partial charge in [-0.15, -0.1) is 11.3 Å². The van der Waals surface area contributed by atoms with Crippen molar-refractivity contribution in [3.05, 3.63) is 52.5 Å². The number of guanidine groups is 1. The molecule has 0 saturated carbocycles. The van der Waals surface area contributed by atoms with Crippen molar-refractivity contribution < 1.29 is 13.2 Å². The lowest BCUT2D eigenvalue weighted by Gasteiger charge is -2.29. The summed E-state index contributed by atoms with van der Waals surface area (Å²) in [5.74, 6) is 1.26. The maximum atomic E-state index is 13.0. The van der Waals surface area contributed by atoms with Crippen molar-refractivity contribution >= 4 is 28.4 Å². The first-order valence-corrected chi connectivity index (χ1v) is 11.1. The van der Waals surface area contributed by atoms with E-state index in [1.165, 1.54) is 17.4 Å². The normalized spacial score (nSPS) is 16.2. The number of fused-ring (bicyclic) bond motifs is 1. The number of alkyl halides is 3. The lowest BCUT2D eigenvalue weighted by molar-refractivity contribution is -0.137. The number of nitrogens with one attached hydrogen (secondary N) is 2. The molecule has 166 valence electrons. The van der Waals surface area contributed by atoms with E-state index in [9.17, 15) is 13.2 Å². The van der Waals surface area contributed by atoms with E-state index in [4.69, 9.17) is 0 Å². The van der Waals surface area contributed by atoms with Crippen LogP contribution in [0.1, 0.15) is 23.1 Å². The first-order valence-electron chi connectivity index (χ1n) is 10.2. The molecule has 0 atom stereocenters. The summed E-state index contributed by atoms with van der Waals surface area (Å²) in [6.07, 6.45) is -1.13. The van der Waals surface area contributed by atoms with Crippen molar-refractivity contribution in [1.29, 1.82) is 0 Å². The number of halogens is 3. The van der Waals surface area contributed by atoms with Crippen molar-refractivity contribution in [2.75, 3.05) is 29.9 Å². The molecule has 11 heteroatoms. The summed E-state index contributed by atoms with van der Waals surface area (Å²) in [4.78, 5) is 20.0. The third-order valence-corrected chi connectivity index (χ3v) is 6.12. The number of rotatable bonds is 3. The van der Waals surface area contributed by atoms with Crippen LogP contribution in [0, 0.1) is 0 Å². The molecule has 7 nitrogen and oxygen atoms in total. The van der Waals surface area contributed by atoms with Gasteiger partial charge in [0.25, 0.3) is 0 Å². The van der Waals surface area contributed by atoms with Gasteiger partial charge in [0.05, 0.1) is 11.3 Å². The summed E-state index contributed by atoms with van der Waals surface area (Å²) < 4.78 is 39.0. The van der Waals surface area contributed by atoms with Crippen LogP contribution >= 0.6 is 11.3 Å². The van der Waals surface area contributed by atoms with Crippen LogP contribution in [0.4, 0.5) is 24.3 Å². The highest BCUT2D eigenvalue weighted by Crippen LogP contribution is 2.33. The number of nitrogens with zero attached hydrogens (tertiary/aromatic N) is 5. The van der Waals surface area contributed by atoms with Gasteiger partial charge in [0, 0.05) is 37.8 Å². The van der Waals surface area contributed by atoms with Crippen LogP contribution < -0.4 is 15.5 Å². The Hall–Kier alpha value is -3.21. The van der Waals surface area contributed by atoms with E-state index in [0.717, 1.165) is 53.5 Å². The molecule has 2 aliphatic rings. The van der Waals surface area contributed by atoms with Gasteiger partial charge in [-0.3, -0.25) is 4.99 Å². The molecule has 3 aromatic rings. The van der Waals surface area contributed by atoms with E-state index in [-0.39, 0.29) is 0 Å². The molecule has 0 fully saturated rings. The van der Waals surface area contributed by atoms with Crippen molar-refractivity contribution in [2.45, 2.75) is 25.6 Å². The van der Waals surface area contributed by atoms with Gasteiger partial charge in [0.15, 0.2) is 11.1 Å². The van der Waals surface area contributed by atoms with E-state index in [1.807, 2.05) is 10.3 Å². The largest absolute Gasteiger partial charge is 0.416 e. The lowest BCUT2D eigenvalue weighted by atomic mass is 9.97. The summed E-state index contributed by atoms with van der Waals surface area (Å²) in [6, 6.07) is 5.73. The second kappa shape index (κ2) is 8.38. The Kier molecular flexibility index (Phi) is 5.41. The Morgan fingerprint density at radius 1 is 1.09 bits per heavy atom. The van der Waals surface area contributed by atoms with Gasteiger partial charge in [0.1, 0.15) is 5.69 Å². The Bertz CT molecular complexity index is 1160. The zero-order valence-electron chi connectivity index (χ0n) is 17.0. The van der Waals surface area contributed by atoms with Crippen LogP contribution in [-0.4, -0.2) is 40.5 Å². The number of thiazole rings is 1. The predicted molar refractivity (Wildman–Crippen MR) is 118 cm³/mol. The minimum absolute atomic E-state index is 0.465. The molecule has 32 heavy (non-hydrogen) atoms. The van der Waals surface area contributed by atoms with Crippen molar-refractivity contribution in [2.24, 2.45) is 4.99 Å². The quantitative estimate of drug-likeness (QED) is 0.618. The Morgan fingerprint density at radius 2 is 2.00 bits per heavy atom. The molecule has 0 saturated heterocycles. The summed E-state index contributed by atoms with van der Waals surface area (Å²) >= 11 is 1.46. The fourth-order valence-electron chi connectivity index (χ4n) is 3.71. The van der Waals surface area contributed by atoms with Gasteiger partial charge in [-0.1, -0.05) is 6.07 Å². The minimum Gasteiger partial charge on any atom is -0.356 e. The molecule has 0 aliphatic carbocycles. The molecular weight excluding hydrogens is 439 g/mol. The monoisotopic (exact) mass is 459 g/mol. The summed E-state index contributed by atoms with van der Waals surface area (Å²) in [6.45, 7) is 2.69. The van der Waals surface area contributed by atoms with Crippen LogP contribution in [0.3, 0.4) is 0 Å². The number of hydrogen-bond acceptors (Lipinski definition) is 8. The van der Waals surface area contributed by atoms with Crippen molar-refractivity contribution in [3.63, 3.8) is 0 Å². The average molecular weight is 460 g/mol. The molecule has 0 radical (unpaired) electrons. The fourth-order valence-corrected chi connectivity index (χ4v) is 4.41. The molecule has 0 amide bonds. The van der Waals surface area contributed by atoms with Gasteiger partial charge in [0.2, 0.25) is 5.95 Å². The van der Waals surface area contributed by atoms with E-state index >= 15 is 0 Å². The standard InChI is InChI=1S/C21H20F3N7S/c22-21(23,24)15-3-2-14-11-31(9-5-13(14)10-15)19-27-8-4-16(28-19)17-12-32-20(29-17)30-18-25-6-1-7-26-18/h2-4,8,10,12H,1,5-7,9,11H2,(H2,25,26,29,30). The maximum absolute atomic E-state index is 13.0. The third-order valence-electron chi connectivity index (χ3n) is 5.36. The summed E-state index contributed by atoms with van der Waals surface area (Å²) in [5.41, 5.74) is 2.40. The van der Waals surface area contributed by atoms with Gasteiger partial charge >= 0.3 is 6.18 Å². The van der Waals surface area contributed by atoms with Crippen LogP contribution in [0.25, 0.3) is 11.4 Å². The smallest absolute Gasteiger partial charge is 0.356 e. The minimum atomic E-state index is -4.33. The SMILES string of the molecule is FC(F)(F)c1ccc2c(c1)CCN(c1nccc(-c3csc(NC4=NCCCN4)n3)n1)C2. The molecule has 2 aromatic heterocycles. The van der Waals surface area contributed by atoms with Gasteiger partial charge < -0.3 is 15.5 Å². The molecular formula is C21H20F3N7S. The first kappa shape index (κ1) is 20.7. The first-order chi connectivity index (χ1) is 15.5. The number of anilines is 2. The topological polar surface area (TPSA) is 78.3 Å². The second-order valence-electron chi connectivity index (χ2n) is 7.57. The van der Waals surface area contributed by atoms with Crippen LogP contribution in [0.5, 0.6) is 0 Å². The summed E-state index contributed by atoms with van der Waals surface area (Å²) in [7, 11) is 0. The van der Waals surface area contributed by atoms with Crippen LogP contribution in [0.15, 0.2) is 40.8 Å². The lowest BCUT2D eigenvalue weighted by Crippen LogP contribution is -2.35. The average Bonchev–Trinajstić information content (AvgIpc) is 3.27. The zero-order chi connectivity index (χ0) is 22.1. The molecule has 4 heterocycles. The van der Waals surface area contributed by atoms with E-state index in [1.54, 1.807) is 18.3 Å². The van der Waals surface area contributed by atoms with Gasteiger partial charge in [-0.25, -0.2) is 15.0 Å². The molecule has 0 bridgehead atoms. The highest BCUT2D eigenvalue weighted by atomic mass is 32.1. The second-order valence-corrected chi connectivity index (χ2v) is 8.43. The number of aliphatic imine (C=N–C) groups is 1. The Morgan fingerprint density at radius 3 is 2.81 bits per heavy atom. The molecule has 2 N–H and O–H groups in total. The van der Waals surface area contributed by atoms with E-state index in [0.29, 0.717) is 31.2 Å². The Balaban J connectivity index is 1.32. The predicted octanol–water partition coefficient (Wildman–Crippen LogP) is 3.94. The highest BCUT2D eigenvalue weighted by Gasteiger charge is 2.31. The van der Waals surface area contributed by atoms with Crippen molar-refractivity contribution in [3.8, 4) is 11.4 Å². The number of aromatic nitrogens is 3. The van der Waals surface area contributed by atoms with Crippen LogP contribution in [-0.2, 0) is 19.1 Å². The maximum Gasteiger partial charge on any atom is 0.416 e. The van der Waals surface area contributed by atoms with E-state index < -0.39 is 11.7 Å². The van der Waals surface area contributed by atoms with Crippen molar-refractivity contribution in [1.82, 2.24) is 20.3 Å². The number of hydrogen-bond donors (Lipinski definition) is 2. The van der Waals surface area contributed by atoms with Gasteiger partial charge in [-0.05, 0) is 42.2 Å². The van der Waals surface area contributed by atoms with Crippen LogP contribution in [0.2, 0.25) is 0 Å². The van der Waals surface area contributed by atoms with Gasteiger partial charge in [-0.2, -0.15) is 13.2 Å².